The Morgan fingerprint density at radius 1 is 1.24 bits per heavy atom. The summed E-state index contributed by atoms with van der Waals surface area (Å²) in [6.07, 6.45) is 1.09. The fourth-order valence-electron chi connectivity index (χ4n) is 1.84. The molecule has 1 aromatic rings. The molecule has 0 saturated carbocycles. The molecule has 0 spiro atoms. The van der Waals surface area contributed by atoms with Crippen LogP contribution in [0.2, 0.25) is 5.02 Å². The van der Waals surface area contributed by atoms with E-state index in [0.29, 0.717) is 10.6 Å². The minimum atomic E-state index is -3.43. The molecule has 0 heterocycles. The summed E-state index contributed by atoms with van der Waals surface area (Å²) in [7, 11) is -3.43. The van der Waals surface area contributed by atoms with Gasteiger partial charge in [-0.2, -0.15) is 0 Å². The summed E-state index contributed by atoms with van der Waals surface area (Å²) in [5.41, 5.74) is 0.320. The van der Waals surface area contributed by atoms with Crippen LogP contribution in [0.3, 0.4) is 0 Å². The molecule has 0 aliphatic rings. The summed E-state index contributed by atoms with van der Waals surface area (Å²) in [6, 6.07) is 6.11. The van der Waals surface area contributed by atoms with Gasteiger partial charge in [-0.25, -0.2) is 13.1 Å². The molecule has 0 aromatic heterocycles. The lowest BCUT2D eigenvalue weighted by Crippen LogP contribution is -2.42. The van der Waals surface area contributed by atoms with Crippen LogP contribution in [0.4, 0.5) is 0 Å². The van der Waals surface area contributed by atoms with Gasteiger partial charge in [0, 0.05) is 17.0 Å². The van der Waals surface area contributed by atoms with Gasteiger partial charge in [-0.1, -0.05) is 23.7 Å². The average Bonchev–Trinajstić information content (AvgIpc) is 2.24. The first-order valence-electron chi connectivity index (χ1n) is 6.50. The Hall–Kier alpha value is -1.11. The van der Waals surface area contributed by atoms with Crippen molar-refractivity contribution in [3.05, 3.63) is 34.9 Å². The molecular formula is C14H21ClN2O3S. The van der Waals surface area contributed by atoms with Crippen molar-refractivity contribution in [2.75, 3.05) is 6.26 Å². The van der Waals surface area contributed by atoms with Crippen molar-refractivity contribution in [3.63, 3.8) is 0 Å². The van der Waals surface area contributed by atoms with E-state index in [4.69, 9.17) is 11.6 Å². The molecule has 21 heavy (non-hydrogen) atoms. The fourth-order valence-corrected chi connectivity index (χ4v) is 2.70. The van der Waals surface area contributed by atoms with Crippen molar-refractivity contribution in [2.24, 2.45) is 0 Å². The molecule has 2 N–H and O–H groups in total. The number of carbonyl (C=O) groups excluding carboxylic acids is 1. The zero-order valence-electron chi connectivity index (χ0n) is 12.6. The highest BCUT2D eigenvalue weighted by Crippen LogP contribution is 2.20. The van der Waals surface area contributed by atoms with Gasteiger partial charge in [0.15, 0.2) is 0 Å². The summed E-state index contributed by atoms with van der Waals surface area (Å²) in [4.78, 5) is 12.0. The number of rotatable bonds is 5. The second-order valence-electron chi connectivity index (χ2n) is 6.00. The standard InChI is InChI=1S/C14H21ClN2O3S/c1-14(2,3)16-13(18)9-12(17-21(4,19)20)10-5-7-11(15)8-6-10/h5-8,12,17H,9H2,1-4H3,(H,16,18)/t12-/m0/s1. The lowest BCUT2D eigenvalue weighted by molar-refractivity contribution is -0.122. The molecule has 0 aliphatic carbocycles. The lowest BCUT2D eigenvalue weighted by Gasteiger charge is -2.23. The Morgan fingerprint density at radius 2 is 1.76 bits per heavy atom. The number of hydrogen-bond donors (Lipinski definition) is 2. The van der Waals surface area contributed by atoms with E-state index in [0.717, 1.165) is 6.26 Å². The number of carbonyl (C=O) groups is 1. The molecule has 0 fully saturated rings. The van der Waals surface area contributed by atoms with E-state index in [-0.39, 0.29) is 17.9 Å². The maximum absolute atomic E-state index is 12.0. The Kier molecular flexibility index (Phi) is 5.78. The van der Waals surface area contributed by atoms with Crippen LogP contribution in [0, 0.1) is 0 Å². The normalized spacial score (nSPS) is 13.8. The van der Waals surface area contributed by atoms with Crippen LogP contribution in [0.1, 0.15) is 38.8 Å². The zero-order chi connectivity index (χ0) is 16.3. The molecule has 0 radical (unpaired) electrons. The number of halogens is 1. The second kappa shape index (κ2) is 6.77. The maximum Gasteiger partial charge on any atom is 0.222 e. The van der Waals surface area contributed by atoms with Crippen molar-refractivity contribution < 1.29 is 13.2 Å². The highest BCUT2D eigenvalue weighted by Gasteiger charge is 2.22. The van der Waals surface area contributed by atoms with Gasteiger partial charge in [0.05, 0.1) is 12.3 Å². The largest absolute Gasteiger partial charge is 0.351 e. The number of benzene rings is 1. The van der Waals surface area contributed by atoms with Crippen LogP contribution in [0.25, 0.3) is 0 Å². The van der Waals surface area contributed by atoms with Gasteiger partial charge in [-0.15, -0.1) is 0 Å². The summed E-state index contributed by atoms with van der Waals surface area (Å²) >= 11 is 5.82. The first-order chi connectivity index (χ1) is 9.46. The minimum Gasteiger partial charge on any atom is -0.351 e. The van der Waals surface area contributed by atoms with Gasteiger partial charge in [-0.3, -0.25) is 4.79 Å². The number of amides is 1. The van der Waals surface area contributed by atoms with Gasteiger partial charge >= 0.3 is 0 Å². The molecule has 0 bridgehead atoms. The van der Waals surface area contributed by atoms with E-state index in [1.165, 1.54) is 0 Å². The minimum absolute atomic E-state index is 0.0198. The molecule has 7 heteroatoms. The van der Waals surface area contributed by atoms with Crippen LogP contribution in [0.5, 0.6) is 0 Å². The van der Waals surface area contributed by atoms with E-state index in [9.17, 15) is 13.2 Å². The SMILES string of the molecule is CC(C)(C)NC(=O)C[C@H](NS(C)(=O)=O)c1ccc(Cl)cc1. The topological polar surface area (TPSA) is 75.3 Å². The van der Waals surface area contributed by atoms with Crippen LogP contribution in [-0.2, 0) is 14.8 Å². The summed E-state index contributed by atoms with van der Waals surface area (Å²) < 4.78 is 25.4. The maximum atomic E-state index is 12.0. The van der Waals surface area contributed by atoms with Crippen molar-refractivity contribution in [3.8, 4) is 0 Å². The van der Waals surface area contributed by atoms with E-state index in [1.54, 1.807) is 24.3 Å². The molecule has 1 atom stereocenters. The first kappa shape index (κ1) is 17.9. The van der Waals surface area contributed by atoms with E-state index in [1.807, 2.05) is 20.8 Å². The fraction of sp³-hybridized carbons (Fsp3) is 0.500. The summed E-state index contributed by atoms with van der Waals surface area (Å²) in [5.74, 6) is -0.224. The predicted molar refractivity (Wildman–Crippen MR) is 84.7 cm³/mol. The van der Waals surface area contributed by atoms with Crippen LogP contribution in [-0.4, -0.2) is 26.1 Å². The highest BCUT2D eigenvalue weighted by molar-refractivity contribution is 7.88. The van der Waals surface area contributed by atoms with Crippen molar-refractivity contribution in [1.29, 1.82) is 0 Å². The lowest BCUT2D eigenvalue weighted by atomic mass is 10.0. The zero-order valence-corrected chi connectivity index (χ0v) is 14.2. The summed E-state index contributed by atoms with van der Waals surface area (Å²) in [6.45, 7) is 5.60. The van der Waals surface area contributed by atoms with Gasteiger partial charge in [0.2, 0.25) is 15.9 Å². The summed E-state index contributed by atoms with van der Waals surface area (Å²) in [5, 5.41) is 3.37. The van der Waals surface area contributed by atoms with Crippen LogP contribution >= 0.6 is 11.6 Å². The van der Waals surface area contributed by atoms with Gasteiger partial charge in [0.25, 0.3) is 0 Å². The second-order valence-corrected chi connectivity index (χ2v) is 8.21. The van der Waals surface area contributed by atoms with Crippen LogP contribution in [0.15, 0.2) is 24.3 Å². The van der Waals surface area contributed by atoms with Gasteiger partial charge < -0.3 is 5.32 Å². The third-order valence-electron chi connectivity index (χ3n) is 2.53. The third kappa shape index (κ3) is 7.45. The van der Waals surface area contributed by atoms with E-state index >= 15 is 0 Å². The molecule has 1 rings (SSSR count). The molecule has 5 nitrogen and oxygen atoms in total. The molecular weight excluding hydrogens is 312 g/mol. The molecule has 1 aromatic carbocycles. The Labute approximate surface area is 131 Å². The average molecular weight is 333 g/mol. The molecule has 0 unspecified atom stereocenters. The van der Waals surface area contributed by atoms with E-state index < -0.39 is 16.1 Å². The van der Waals surface area contributed by atoms with Crippen molar-refractivity contribution in [2.45, 2.75) is 38.8 Å². The third-order valence-corrected chi connectivity index (χ3v) is 3.50. The van der Waals surface area contributed by atoms with Crippen molar-refractivity contribution >= 4 is 27.5 Å². The monoisotopic (exact) mass is 332 g/mol. The quantitative estimate of drug-likeness (QED) is 0.868. The smallest absolute Gasteiger partial charge is 0.222 e. The molecule has 118 valence electrons. The number of nitrogens with one attached hydrogen (secondary N) is 2. The molecule has 1 amide bonds. The Morgan fingerprint density at radius 3 is 2.19 bits per heavy atom. The molecule has 0 saturated heterocycles. The Bertz CT molecular complexity index is 592. The van der Waals surface area contributed by atoms with Gasteiger partial charge in [0.1, 0.15) is 0 Å². The number of hydrogen-bond acceptors (Lipinski definition) is 3. The Balaban J connectivity index is 2.93. The van der Waals surface area contributed by atoms with E-state index in [2.05, 4.69) is 10.0 Å². The van der Waals surface area contributed by atoms with Crippen molar-refractivity contribution in [1.82, 2.24) is 10.0 Å². The predicted octanol–water partition coefficient (Wildman–Crippen LogP) is 2.24. The number of sulfonamides is 1. The molecule has 0 aliphatic heterocycles. The van der Waals surface area contributed by atoms with Gasteiger partial charge in [-0.05, 0) is 38.5 Å². The highest BCUT2D eigenvalue weighted by atomic mass is 35.5. The van der Waals surface area contributed by atoms with Crippen LogP contribution < -0.4 is 10.0 Å². The first-order valence-corrected chi connectivity index (χ1v) is 8.77.